The number of aromatic nitrogens is 3. The van der Waals surface area contributed by atoms with Gasteiger partial charge in [0.1, 0.15) is 5.76 Å². The van der Waals surface area contributed by atoms with Gasteiger partial charge in [-0.2, -0.15) is 5.10 Å². The first kappa shape index (κ1) is 22.4. The van der Waals surface area contributed by atoms with Crippen LogP contribution in [0.4, 0.5) is 0 Å². The highest BCUT2D eigenvalue weighted by molar-refractivity contribution is 6.01. The Bertz CT molecular complexity index is 1280. The fourth-order valence-electron chi connectivity index (χ4n) is 5.36. The Morgan fingerprint density at radius 1 is 1.03 bits per heavy atom. The number of carbonyl (C=O) groups excluding carboxylic acids is 3. The zero-order chi connectivity index (χ0) is 24.0. The molecular formula is C27H29N3O4. The van der Waals surface area contributed by atoms with Crippen LogP contribution < -0.4 is 0 Å². The molecule has 0 saturated heterocycles. The first-order valence-corrected chi connectivity index (χ1v) is 12.0. The van der Waals surface area contributed by atoms with Crippen molar-refractivity contribution in [2.24, 2.45) is 5.41 Å². The van der Waals surface area contributed by atoms with E-state index in [0.717, 1.165) is 5.56 Å². The van der Waals surface area contributed by atoms with E-state index in [1.807, 2.05) is 44.2 Å². The summed E-state index contributed by atoms with van der Waals surface area (Å²) in [6.07, 6.45) is 3.28. The summed E-state index contributed by atoms with van der Waals surface area (Å²) in [5.74, 6) is 0.614. The first-order chi connectivity index (χ1) is 16.3. The van der Waals surface area contributed by atoms with E-state index in [2.05, 4.69) is 10.3 Å². The van der Waals surface area contributed by atoms with Crippen molar-refractivity contribution >= 4 is 17.5 Å². The fraction of sp³-hybridized carbons (Fsp3) is 0.444. The Morgan fingerprint density at radius 3 is 2.50 bits per heavy atom. The molecule has 3 aromatic rings. The molecule has 7 nitrogen and oxygen atoms in total. The van der Waals surface area contributed by atoms with Gasteiger partial charge in [0, 0.05) is 25.7 Å². The second-order valence-corrected chi connectivity index (χ2v) is 10.2. The van der Waals surface area contributed by atoms with Crippen LogP contribution in [0.2, 0.25) is 0 Å². The second-order valence-electron chi connectivity index (χ2n) is 10.2. The van der Waals surface area contributed by atoms with E-state index in [0.29, 0.717) is 78.9 Å². The largest absolute Gasteiger partial charge is 0.360 e. The van der Waals surface area contributed by atoms with Crippen LogP contribution in [0.3, 0.4) is 0 Å². The van der Waals surface area contributed by atoms with Crippen LogP contribution >= 0.6 is 0 Å². The summed E-state index contributed by atoms with van der Waals surface area (Å²) >= 11 is 0. The Hall–Kier alpha value is -3.35. The average Bonchev–Trinajstić information content (AvgIpc) is 3.38. The van der Waals surface area contributed by atoms with Gasteiger partial charge in [-0.25, -0.2) is 4.68 Å². The van der Waals surface area contributed by atoms with Crippen LogP contribution in [0, 0.1) is 5.41 Å². The molecule has 2 aliphatic carbocycles. The zero-order valence-electron chi connectivity index (χ0n) is 19.9. The Balaban J connectivity index is 1.45. The van der Waals surface area contributed by atoms with Crippen molar-refractivity contribution < 1.29 is 18.9 Å². The number of fused-ring (bicyclic) bond motifs is 2. The molecule has 0 radical (unpaired) electrons. The van der Waals surface area contributed by atoms with Crippen LogP contribution in [0.5, 0.6) is 0 Å². The predicted molar refractivity (Wildman–Crippen MR) is 125 cm³/mol. The monoisotopic (exact) mass is 459 g/mol. The topological polar surface area (TPSA) is 95.1 Å². The number of hydrogen-bond acceptors (Lipinski definition) is 6. The molecule has 34 heavy (non-hydrogen) atoms. The molecule has 0 bridgehead atoms. The summed E-state index contributed by atoms with van der Waals surface area (Å²) in [4.78, 5) is 38.7. The number of carbonyl (C=O) groups is 3. The third-order valence-corrected chi connectivity index (χ3v) is 7.00. The van der Waals surface area contributed by atoms with E-state index in [1.165, 1.54) is 4.68 Å². The molecule has 2 aliphatic rings. The summed E-state index contributed by atoms with van der Waals surface area (Å²) in [5.41, 5.74) is 4.04. The quantitative estimate of drug-likeness (QED) is 0.545. The third kappa shape index (κ3) is 3.93. The molecule has 1 unspecified atom stereocenters. The van der Waals surface area contributed by atoms with Crippen LogP contribution in [0.15, 0.2) is 34.9 Å². The molecule has 0 N–H and O–H groups in total. The van der Waals surface area contributed by atoms with E-state index in [-0.39, 0.29) is 28.8 Å². The zero-order valence-corrected chi connectivity index (χ0v) is 19.9. The van der Waals surface area contributed by atoms with Gasteiger partial charge in [-0.1, -0.05) is 56.3 Å². The molecule has 0 saturated carbocycles. The summed E-state index contributed by atoms with van der Waals surface area (Å²) < 4.78 is 6.96. The van der Waals surface area contributed by atoms with E-state index >= 15 is 0 Å². The predicted octanol–water partition coefficient (Wildman–Crippen LogP) is 4.77. The van der Waals surface area contributed by atoms with E-state index < -0.39 is 0 Å². The van der Waals surface area contributed by atoms with Gasteiger partial charge in [0.05, 0.1) is 28.2 Å². The highest BCUT2D eigenvalue weighted by atomic mass is 16.5. The normalized spacial score (nSPS) is 19.1. The van der Waals surface area contributed by atoms with Gasteiger partial charge in [0.25, 0.3) is 0 Å². The van der Waals surface area contributed by atoms with Crippen molar-refractivity contribution in [3.8, 4) is 0 Å². The van der Waals surface area contributed by atoms with Crippen LogP contribution in [0.1, 0.15) is 99.9 Å². The highest BCUT2D eigenvalue weighted by Crippen LogP contribution is 2.37. The minimum absolute atomic E-state index is 0.0141. The molecule has 0 amide bonds. The molecular weight excluding hydrogens is 430 g/mol. The average molecular weight is 460 g/mol. The summed E-state index contributed by atoms with van der Waals surface area (Å²) in [7, 11) is 0. The molecule has 1 atom stereocenters. The molecule has 1 aromatic carbocycles. The fourth-order valence-corrected chi connectivity index (χ4v) is 5.36. The van der Waals surface area contributed by atoms with E-state index in [1.54, 1.807) is 6.92 Å². The Labute approximate surface area is 198 Å². The molecule has 2 aromatic heterocycles. The first-order valence-electron chi connectivity index (χ1n) is 12.0. The lowest BCUT2D eigenvalue weighted by atomic mass is 9.76. The van der Waals surface area contributed by atoms with Gasteiger partial charge >= 0.3 is 0 Å². The molecule has 2 heterocycles. The molecule has 176 valence electrons. The summed E-state index contributed by atoms with van der Waals surface area (Å²) in [6.45, 7) is 5.90. The maximum atomic E-state index is 13.3. The lowest BCUT2D eigenvalue weighted by molar-refractivity contribution is 0.0882. The van der Waals surface area contributed by atoms with Crippen molar-refractivity contribution in [3.63, 3.8) is 0 Å². The van der Waals surface area contributed by atoms with Crippen molar-refractivity contribution in [1.29, 1.82) is 0 Å². The molecule has 0 spiro atoms. The minimum atomic E-state index is -0.138. The number of aryl methyl sites for hydroxylation is 2. The lowest BCUT2D eigenvalue weighted by Gasteiger charge is -2.26. The molecule has 7 heteroatoms. The van der Waals surface area contributed by atoms with Gasteiger partial charge < -0.3 is 4.52 Å². The Morgan fingerprint density at radius 2 is 1.76 bits per heavy atom. The number of hydrogen-bond donors (Lipinski definition) is 0. The van der Waals surface area contributed by atoms with Gasteiger partial charge in [0.15, 0.2) is 11.6 Å². The number of benzene rings is 1. The number of nitrogens with zero attached hydrogens (tertiary/aromatic N) is 3. The van der Waals surface area contributed by atoms with E-state index in [9.17, 15) is 14.4 Å². The highest BCUT2D eigenvalue weighted by Gasteiger charge is 2.37. The van der Waals surface area contributed by atoms with Crippen LogP contribution in [0.25, 0.3) is 0 Å². The van der Waals surface area contributed by atoms with Gasteiger partial charge in [-0.15, -0.1) is 0 Å². The van der Waals surface area contributed by atoms with Gasteiger partial charge in [0.2, 0.25) is 5.91 Å². The summed E-state index contributed by atoms with van der Waals surface area (Å²) in [5, 5.41) is 8.79. The third-order valence-electron chi connectivity index (χ3n) is 7.00. The van der Waals surface area contributed by atoms with Gasteiger partial charge in [-0.05, 0) is 36.2 Å². The maximum Gasteiger partial charge on any atom is 0.246 e. The van der Waals surface area contributed by atoms with Crippen LogP contribution in [-0.4, -0.2) is 32.4 Å². The molecule has 5 rings (SSSR count). The minimum Gasteiger partial charge on any atom is -0.360 e. The van der Waals surface area contributed by atoms with E-state index in [4.69, 9.17) is 4.52 Å². The summed E-state index contributed by atoms with van der Waals surface area (Å²) in [6, 6.07) is 9.94. The van der Waals surface area contributed by atoms with Crippen LogP contribution in [-0.2, 0) is 25.7 Å². The standard InChI is InChI=1S/C27H29N3O4/c1-4-24(33)30-20-12-17(16-8-6-5-7-9-16)13-21(31)25(20)18(28-30)10-11-19-26-22(32)14-27(2,3)15-23(26)34-29-19/h5-9,17H,4,10-15H2,1-3H3. The SMILES string of the molecule is CCC(=O)n1nc(CCc2noc3c2C(=O)CC(C)(C)C3)c2c1CC(c1ccccc1)CC2=O. The molecule has 0 fully saturated rings. The smallest absolute Gasteiger partial charge is 0.246 e. The number of Topliss-reactive ketones (excluding diaryl/α,β-unsaturated/α-hetero) is 2. The van der Waals surface area contributed by atoms with Crippen molar-refractivity contribution in [2.75, 3.05) is 0 Å². The van der Waals surface area contributed by atoms with Crippen molar-refractivity contribution in [2.45, 2.75) is 71.6 Å². The number of rotatable bonds is 5. The second kappa shape index (κ2) is 8.46. The maximum absolute atomic E-state index is 13.3. The molecule has 0 aliphatic heterocycles. The number of ketones is 2. The van der Waals surface area contributed by atoms with Crippen molar-refractivity contribution in [3.05, 3.63) is 69.9 Å². The van der Waals surface area contributed by atoms with Gasteiger partial charge in [-0.3, -0.25) is 14.4 Å². The van der Waals surface area contributed by atoms with Crippen molar-refractivity contribution in [1.82, 2.24) is 14.9 Å². The lowest BCUT2D eigenvalue weighted by Crippen LogP contribution is -2.26. The Kier molecular flexibility index (Phi) is 5.58.